The molecule has 0 N–H and O–H groups in total. The third-order valence-electron chi connectivity index (χ3n) is 2.49. The fourth-order valence-corrected chi connectivity index (χ4v) is 1.54. The van der Waals surface area contributed by atoms with Gasteiger partial charge in [-0.25, -0.2) is 0 Å². The third-order valence-corrected chi connectivity index (χ3v) is 2.49. The molecule has 1 aliphatic rings. The Hall–Kier alpha value is -1.36. The molecule has 2 nitrogen and oxygen atoms in total. The van der Waals surface area contributed by atoms with E-state index >= 15 is 0 Å². The predicted octanol–water partition coefficient (Wildman–Crippen LogP) is 2.39. The molecule has 0 aliphatic heterocycles. The van der Waals surface area contributed by atoms with Crippen molar-refractivity contribution in [3.63, 3.8) is 0 Å². The topological polar surface area (TPSA) is 36.7 Å². The Morgan fingerprint density at radius 2 is 2.38 bits per heavy atom. The Labute approximate surface area is 78.2 Å². The minimum Gasteiger partial charge on any atom is -0.260 e. The highest BCUT2D eigenvalue weighted by atomic mass is 14.7. The van der Waals surface area contributed by atoms with E-state index in [1.165, 1.54) is 18.4 Å². The van der Waals surface area contributed by atoms with Crippen LogP contribution in [0.4, 0.5) is 0 Å². The molecule has 0 aromatic carbocycles. The predicted molar refractivity (Wildman–Crippen MR) is 50.3 cm³/mol. The lowest BCUT2D eigenvalue weighted by molar-refractivity contribution is 0.995. The smallest absolute Gasteiger partial charge is 0.101 e. The van der Waals surface area contributed by atoms with Crippen molar-refractivity contribution in [2.24, 2.45) is 0 Å². The van der Waals surface area contributed by atoms with Crippen molar-refractivity contribution in [1.29, 1.82) is 5.26 Å². The van der Waals surface area contributed by atoms with Gasteiger partial charge < -0.3 is 0 Å². The number of rotatable bonds is 2. The van der Waals surface area contributed by atoms with E-state index in [-0.39, 0.29) is 0 Å². The zero-order chi connectivity index (χ0) is 9.26. The summed E-state index contributed by atoms with van der Waals surface area (Å²) in [6.45, 7) is 2.09. The quantitative estimate of drug-likeness (QED) is 0.686. The second-order valence-corrected chi connectivity index (χ2v) is 3.50. The van der Waals surface area contributed by atoms with Crippen LogP contribution in [0.15, 0.2) is 12.3 Å². The van der Waals surface area contributed by atoms with E-state index in [9.17, 15) is 0 Å². The van der Waals surface area contributed by atoms with Crippen LogP contribution in [-0.4, -0.2) is 4.98 Å². The number of aryl methyl sites for hydroxylation is 1. The molecule has 1 saturated carbocycles. The molecule has 13 heavy (non-hydrogen) atoms. The van der Waals surface area contributed by atoms with Crippen LogP contribution in [-0.2, 0) is 6.42 Å². The normalized spacial score (nSPS) is 15.4. The van der Waals surface area contributed by atoms with Crippen molar-refractivity contribution in [2.45, 2.75) is 32.1 Å². The average Bonchev–Trinajstić information content (AvgIpc) is 3.00. The summed E-state index contributed by atoms with van der Waals surface area (Å²) in [6, 6.07) is 4.30. The summed E-state index contributed by atoms with van der Waals surface area (Å²) in [6.07, 6.45) is 5.14. The van der Waals surface area contributed by atoms with Crippen LogP contribution in [0, 0.1) is 11.3 Å². The lowest BCUT2D eigenvalue weighted by Crippen LogP contribution is -1.94. The Kier molecular flexibility index (Phi) is 2.02. The van der Waals surface area contributed by atoms with E-state index in [4.69, 9.17) is 5.26 Å². The molecule has 2 heteroatoms. The molecule has 0 amide bonds. The molecule has 0 saturated heterocycles. The highest BCUT2D eigenvalue weighted by molar-refractivity contribution is 5.40. The summed E-state index contributed by atoms with van der Waals surface area (Å²) in [4.78, 5) is 4.22. The molecule has 2 rings (SSSR count). The van der Waals surface area contributed by atoms with Crippen LogP contribution < -0.4 is 0 Å². The first-order valence-electron chi connectivity index (χ1n) is 4.74. The maximum Gasteiger partial charge on any atom is 0.101 e. The van der Waals surface area contributed by atoms with Crippen molar-refractivity contribution in [2.75, 3.05) is 0 Å². The Morgan fingerprint density at radius 3 is 2.92 bits per heavy atom. The number of pyridine rings is 1. The van der Waals surface area contributed by atoms with Gasteiger partial charge in [0.15, 0.2) is 0 Å². The molecule has 1 aromatic heterocycles. The summed E-state index contributed by atoms with van der Waals surface area (Å²) >= 11 is 0. The van der Waals surface area contributed by atoms with Crippen molar-refractivity contribution in [3.8, 4) is 6.07 Å². The Morgan fingerprint density at radius 1 is 1.62 bits per heavy atom. The molecule has 1 aromatic rings. The first kappa shape index (κ1) is 8.25. The molecule has 1 fully saturated rings. The van der Waals surface area contributed by atoms with Crippen LogP contribution >= 0.6 is 0 Å². The molecule has 1 heterocycles. The maximum absolute atomic E-state index is 8.87. The van der Waals surface area contributed by atoms with Gasteiger partial charge in [-0.2, -0.15) is 5.26 Å². The number of aromatic nitrogens is 1. The fourth-order valence-electron chi connectivity index (χ4n) is 1.54. The fraction of sp³-hybridized carbons (Fsp3) is 0.455. The van der Waals surface area contributed by atoms with Crippen LogP contribution in [0.1, 0.15) is 42.5 Å². The highest BCUT2D eigenvalue weighted by Crippen LogP contribution is 2.41. The SMILES string of the molecule is CCc1cc(C2CC2)c(C#N)cn1. The van der Waals surface area contributed by atoms with Crippen molar-refractivity contribution in [3.05, 3.63) is 29.1 Å². The van der Waals surface area contributed by atoms with E-state index < -0.39 is 0 Å². The van der Waals surface area contributed by atoms with Gasteiger partial charge >= 0.3 is 0 Å². The van der Waals surface area contributed by atoms with Crippen LogP contribution in [0.3, 0.4) is 0 Å². The van der Waals surface area contributed by atoms with Gasteiger partial charge in [0.05, 0.1) is 5.56 Å². The van der Waals surface area contributed by atoms with E-state index in [1.54, 1.807) is 6.20 Å². The summed E-state index contributed by atoms with van der Waals surface area (Å²) in [7, 11) is 0. The van der Waals surface area contributed by atoms with Crippen LogP contribution in [0.25, 0.3) is 0 Å². The third kappa shape index (κ3) is 1.55. The average molecular weight is 172 g/mol. The van der Waals surface area contributed by atoms with Gasteiger partial charge in [0.1, 0.15) is 6.07 Å². The Bertz CT molecular complexity index is 359. The zero-order valence-corrected chi connectivity index (χ0v) is 7.75. The van der Waals surface area contributed by atoms with Crippen LogP contribution in [0.5, 0.6) is 0 Å². The minimum absolute atomic E-state index is 0.642. The molecule has 0 unspecified atom stereocenters. The highest BCUT2D eigenvalue weighted by Gasteiger charge is 2.26. The molecule has 0 spiro atoms. The number of nitriles is 1. The molecule has 0 atom stereocenters. The molecular formula is C11H12N2. The lowest BCUT2D eigenvalue weighted by Gasteiger charge is -2.03. The molecule has 1 aliphatic carbocycles. The lowest BCUT2D eigenvalue weighted by atomic mass is 10.1. The van der Waals surface area contributed by atoms with Gasteiger partial charge in [0, 0.05) is 11.9 Å². The van der Waals surface area contributed by atoms with Crippen molar-refractivity contribution in [1.82, 2.24) is 4.98 Å². The van der Waals surface area contributed by atoms with E-state index in [2.05, 4.69) is 24.0 Å². The number of hydrogen-bond acceptors (Lipinski definition) is 2. The van der Waals surface area contributed by atoms with Crippen molar-refractivity contribution >= 4 is 0 Å². The van der Waals surface area contributed by atoms with Gasteiger partial charge in [-0.05, 0) is 36.8 Å². The zero-order valence-electron chi connectivity index (χ0n) is 7.75. The minimum atomic E-state index is 0.642. The first-order chi connectivity index (χ1) is 6.35. The summed E-state index contributed by atoms with van der Waals surface area (Å²) in [5.41, 5.74) is 3.08. The van der Waals surface area contributed by atoms with Gasteiger partial charge in [-0.15, -0.1) is 0 Å². The second-order valence-electron chi connectivity index (χ2n) is 3.50. The number of nitrogens with zero attached hydrogens (tertiary/aromatic N) is 2. The monoisotopic (exact) mass is 172 g/mol. The van der Waals surface area contributed by atoms with Crippen LogP contribution in [0.2, 0.25) is 0 Å². The molecule has 0 radical (unpaired) electrons. The standard InChI is InChI=1S/C11H12N2/c1-2-10-5-11(8-3-4-8)9(6-12)7-13-10/h5,7-8H,2-4H2,1H3. The molecule has 0 bridgehead atoms. The maximum atomic E-state index is 8.87. The first-order valence-corrected chi connectivity index (χ1v) is 4.74. The van der Waals surface area contributed by atoms with E-state index in [0.717, 1.165) is 17.7 Å². The summed E-state index contributed by atoms with van der Waals surface area (Å²) in [5, 5.41) is 8.87. The number of hydrogen-bond donors (Lipinski definition) is 0. The van der Waals surface area contributed by atoms with E-state index in [1.807, 2.05) is 0 Å². The van der Waals surface area contributed by atoms with Gasteiger partial charge in [-0.3, -0.25) is 4.98 Å². The van der Waals surface area contributed by atoms with Gasteiger partial charge in [0.25, 0.3) is 0 Å². The summed E-state index contributed by atoms with van der Waals surface area (Å²) in [5.74, 6) is 0.642. The largest absolute Gasteiger partial charge is 0.260 e. The Balaban J connectivity index is 2.42. The van der Waals surface area contributed by atoms with Gasteiger partial charge in [-0.1, -0.05) is 6.92 Å². The molecule has 66 valence electrons. The van der Waals surface area contributed by atoms with Gasteiger partial charge in [0.2, 0.25) is 0 Å². The summed E-state index contributed by atoms with van der Waals surface area (Å²) < 4.78 is 0. The second kappa shape index (κ2) is 3.18. The van der Waals surface area contributed by atoms with Crippen molar-refractivity contribution < 1.29 is 0 Å². The molecular weight excluding hydrogens is 160 g/mol. The van der Waals surface area contributed by atoms with E-state index in [0.29, 0.717) is 5.92 Å².